The lowest BCUT2D eigenvalue weighted by atomic mass is 10.1. The Kier molecular flexibility index (Phi) is 4.91. The number of rotatable bonds is 4. The summed E-state index contributed by atoms with van der Waals surface area (Å²) in [5.74, 6) is -0.866. The highest BCUT2D eigenvalue weighted by molar-refractivity contribution is 7.80. The summed E-state index contributed by atoms with van der Waals surface area (Å²) in [6.07, 6.45) is 0.300. The fourth-order valence-electron chi connectivity index (χ4n) is 1.51. The van der Waals surface area contributed by atoms with E-state index in [1.165, 1.54) is 19.2 Å². The van der Waals surface area contributed by atoms with Gasteiger partial charge in [-0.25, -0.2) is 4.79 Å². The van der Waals surface area contributed by atoms with Crippen LogP contribution in [0.1, 0.15) is 12.5 Å². The molecule has 1 atom stereocenters. The molecule has 5 nitrogen and oxygen atoms in total. The number of benzene rings is 1. The van der Waals surface area contributed by atoms with Crippen LogP contribution >= 0.6 is 12.2 Å². The number of methoxy groups -OCH3 is 1. The van der Waals surface area contributed by atoms with Crippen LogP contribution in [0.4, 0.5) is 0 Å². The van der Waals surface area contributed by atoms with E-state index in [1.807, 2.05) is 0 Å². The number of nitrogens with one attached hydrogen (secondary N) is 1. The predicted molar refractivity (Wildman–Crippen MR) is 70.7 cm³/mol. The van der Waals surface area contributed by atoms with Crippen molar-refractivity contribution in [2.45, 2.75) is 19.4 Å². The zero-order valence-corrected chi connectivity index (χ0v) is 11.0. The van der Waals surface area contributed by atoms with Crippen LogP contribution in [0, 0.1) is 0 Å². The number of aromatic hydroxyl groups is 2. The molecular weight excluding hydrogens is 254 g/mol. The second kappa shape index (κ2) is 6.20. The van der Waals surface area contributed by atoms with Gasteiger partial charge in [0.25, 0.3) is 0 Å². The van der Waals surface area contributed by atoms with Gasteiger partial charge in [-0.2, -0.15) is 0 Å². The molecule has 0 heterocycles. The van der Waals surface area contributed by atoms with E-state index < -0.39 is 12.0 Å². The molecule has 0 saturated heterocycles. The normalized spacial score (nSPS) is 11.7. The lowest BCUT2D eigenvalue weighted by Gasteiger charge is -2.16. The van der Waals surface area contributed by atoms with Gasteiger partial charge in [0.1, 0.15) is 6.04 Å². The average Bonchev–Trinajstić information content (AvgIpc) is 2.31. The summed E-state index contributed by atoms with van der Waals surface area (Å²) in [6.45, 7) is 1.67. The zero-order valence-electron chi connectivity index (χ0n) is 10.1. The zero-order chi connectivity index (χ0) is 13.7. The third-order valence-corrected chi connectivity index (χ3v) is 2.46. The molecule has 0 aliphatic heterocycles. The molecule has 1 unspecified atom stereocenters. The first-order valence-electron chi connectivity index (χ1n) is 5.30. The summed E-state index contributed by atoms with van der Waals surface area (Å²) in [4.78, 5) is 12.0. The van der Waals surface area contributed by atoms with Crippen LogP contribution in [-0.4, -0.2) is 34.3 Å². The van der Waals surface area contributed by atoms with Gasteiger partial charge in [0, 0.05) is 6.42 Å². The molecule has 0 spiro atoms. The van der Waals surface area contributed by atoms with E-state index in [4.69, 9.17) is 12.2 Å². The van der Waals surface area contributed by atoms with Crippen molar-refractivity contribution in [2.24, 2.45) is 0 Å². The minimum atomic E-state index is -0.614. The van der Waals surface area contributed by atoms with Gasteiger partial charge in [-0.1, -0.05) is 18.3 Å². The van der Waals surface area contributed by atoms with Gasteiger partial charge in [0.05, 0.1) is 12.1 Å². The highest BCUT2D eigenvalue weighted by atomic mass is 32.1. The number of hydrogen-bond acceptors (Lipinski definition) is 5. The van der Waals surface area contributed by atoms with E-state index in [0.29, 0.717) is 17.0 Å². The van der Waals surface area contributed by atoms with Crippen molar-refractivity contribution in [3.63, 3.8) is 0 Å². The Hall–Kier alpha value is -1.82. The van der Waals surface area contributed by atoms with E-state index in [9.17, 15) is 15.0 Å². The van der Waals surface area contributed by atoms with Gasteiger partial charge in [-0.3, -0.25) is 0 Å². The van der Waals surface area contributed by atoms with E-state index in [0.717, 1.165) is 0 Å². The molecule has 0 fully saturated rings. The topological polar surface area (TPSA) is 78.8 Å². The van der Waals surface area contributed by atoms with Crippen molar-refractivity contribution in [2.75, 3.05) is 7.11 Å². The molecule has 0 aliphatic carbocycles. The molecule has 1 rings (SSSR count). The standard InChI is InChI=1S/C12H15NO4S/c1-7(18)13-9(12(16)17-2)5-8-3-4-10(14)11(15)6-8/h3-4,6,9,14-15H,5H2,1-2H3,(H,13,18). The summed E-state index contributed by atoms with van der Waals surface area (Å²) in [7, 11) is 1.30. The average molecular weight is 269 g/mol. The van der Waals surface area contributed by atoms with Crippen LogP contribution in [0.25, 0.3) is 0 Å². The Bertz CT molecular complexity index is 461. The van der Waals surface area contributed by atoms with E-state index in [2.05, 4.69) is 10.1 Å². The second-order valence-electron chi connectivity index (χ2n) is 3.80. The first kappa shape index (κ1) is 14.2. The van der Waals surface area contributed by atoms with Gasteiger partial charge in [-0.15, -0.1) is 0 Å². The van der Waals surface area contributed by atoms with Crippen LogP contribution in [0.15, 0.2) is 18.2 Å². The monoisotopic (exact) mass is 269 g/mol. The lowest BCUT2D eigenvalue weighted by molar-refractivity contribution is -0.142. The number of thiocarbonyl (C=S) groups is 1. The Morgan fingerprint density at radius 2 is 2.11 bits per heavy atom. The number of phenolic OH excluding ortho intramolecular Hbond substituents is 2. The molecule has 0 bridgehead atoms. The Morgan fingerprint density at radius 3 is 2.61 bits per heavy atom. The largest absolute Gasteiger partial charge is 0.504 e. The number of esters is 1. The van der Waals surface area contributed by atoms with Crippen molar-refractivity contribution in [1.29, 1.82) is 0 Å². The molecule has 1 aromatic carbocycles. The van der Waals surface area contributed by atoms with E-state index >= 15 is 0 Å². The predicted octanol–water partition coefficient (Wildman–Crippen LogP) is 1.12. The van der Waals surface area contributed by atoms with Crippen LogP contribution in [0.3, 0.4) is 0 Å². The van der Waals surface area contributed by atoms with Crippen LogP contribution < -0.4 is 5.32 Å². The van der Waals surface area contributed by atoms with Gasteiger partial charge < -0.3 is 20.3 Å². The summed E-state index contributed by atoms with van der Waals surface area (Å²) in [5.41, 5.74) is 0.685. The van der Waals surface area contributed by atoms with E-state index in [1.54, 1.807) is 13.0 Å². The fourth-order valence-corrected chi connectivity index (χ4v) is 1.65. The number of ether oxygens (including phenoxy) is 1. The third-order valence-electron chi connectivity index (χ3n) is 2.34. The maximum absolute atomic E-state index is 11.5. The summed E-state index contributed by atoms with van der Waals surface area (Å²) >= 11 is 4.89. The molecule has 6 heteroatoms. The maximum atomic E-state index is 11.5. The molecule has 0 amide bonds. The Labute approximate surface area is 110 Å². The van der Waals surface area contributed by atoms with Crippen LogP contribution in [0.5, 0.6) is 11.5 Å². The van der Waals surface area contributed by atoms with Gasteiger partial charge in [0.15, 0.2) is 11.5 Å². The first-order chi connectivity index (χ1) is 8.43. The maximum Gasteiger partial charge on any atom is 0.328 e. The number of phenols is 2. The molecule has 0 aliphatic rings. The highest BCUT2D eigenvalue weighted by Crippen LogP contribution is 2.25. The number of carbonyl (C=O) groups excluding carboxylic acids is 1. The SMILES string of the molecule is COC(=O)C(Cc1ccc(O)c(O)c1)NC(C)=S. The smallest absolute Gasteiger partial charge is 0.328 e. The van der Waals surface area contributed by atoms with Crippen molar-refractivity contribution in [1.82, 2.24) is 5.32 Å². The van der Waals surface area contributed by atoms with Crippen LogP contribution in [0.2, 0.25) is 0 Å². The number of hydrogen-bond donors (Lipinski definition) is 3. The van der Waals surface area contributed by atoms with Gasteiger partial charge >= 0.3 is 5.97 Å². The van der Waals surface area contributed by atoms with Crippen LogP contribution in [-0.2, 0) is 16.0 Å². The quantitative estimate of drug-likeness (QED) is 0.432. The summed E-state index contributed by atoms with van der Waals surface area (Å²) < 4.78 is 4.67. The van der Waals surface area contributed by atoms with Gasteiger partial charge in [0.2, 0.25) is 0 Å². The number of carbonyl (C=O) groups is 1. The molecule has 0 aromatic heterocycles. The summed E-state index contributed by atoms with van der Waals surface area (Å²) in [5, 5.41) is 21.4. The van der Waals surface area contributed by atoms with Gasteiger partial charge in [-0.05, 0) is 24.6 Å². The third kappa shape index (κ3) is 3.89. The summed E-state index contributed by atoms with van der Waals surface area (Å²) in [6, 6.07) is 3.76. The minimum absolute atomic E-state index is 0.202. The Morgan fingerprint density at radius 1 is 1.44 bits per heavy atom. The highest BCUT2D eigenvalue weighted by Gasteiger charge is 2.20. The molecule has 0 radical (unpaired) electrons. The van der Waals surface area contributed by atoms with Crippen molar-refractivity contribution in [3.05, 3.63) is 23.8 Å². The van der Waals surface area contributed by atoms with Crippen molar-refractivity contribution >= 4 is 23.2 Å². The Balaban J connectivity index is 2.85. The molecular formula is C12H15NO4S. The molecule has 0 saturated carbocycles. The second-order valence-corrected chi connectivity index (χ2v) is 4.42. The molecule has 18 heavy (non-hydrogen) atoms. The first-order valence-corrected chi connectivity index (χ1v) is 5.70. The fraction of sp³-hybridized carbons (Fsp3) is 0.333. The van der Waals surface area contributed by atoms with E-state index in [-0.39, 0.29) is 11.5 Å². The lowest BCUT2D eigenvalue weighted by Crippen LogP contribution is -2.41. The molecule has 3 N–H and O–H groups in total. The van der Waals surface area contributed by atoms with Crippen molar-refractivity contribution in [3.8, 4) is 11.5 Å². The minimum Gasteiger partial charge on any atom is -0.504 e. The van der Waals surface area contributed by atoms with Crippen molar-refractivity contribution < 1.29 is 19.7 Å². The molecule has 1 aromatic rings. The molecule has 98 valence electrons.